The molecule has 1 saturated heterocycles. The summed E-state index contributed by atoms with van der Waals surface area (Å²) >= 11 is 0. The predicted octanol–water partition coefficient (Wildman–Crippen LogP) is -10.9. The molecule has 1 fully saturated rings. The second kappa shape index (κ2) is 9.85. The van der Waals surface area contributed by atoms with E-state index in [1.54, 1.807) is 0 Å². The minimum absolute atomic E-state index is 0. The SMILES string of the molecule is Cc1cn([C@@H]2O[C@H]([C@H](O)C[P+]([O-])([O-])O)[C@@H](O)[C@H]2O)c(=O)nc1[O-].[Na+].[Na+]. The van der Waals surface area contributed by atoms with Crippen molar-refractivity contribution in [3.63, 3.8) is 0 Å². The van der Waals surface area contributed by atoms with E-state index in [2.05, 4.69) is 4.98 Å². The first-order valence-electron chi connectivity index (χ1n) is 6.50. The molecule has 0 radical (unpaired) electrons. The zero-order chi connectivity index (χ0) is 17.5. The normalized spacial score (nSPS) is 27.3. The minimum atomic E-state index is -4.83. The van der Waals surface area contributed by atoms with Crippen molar-refractivity contribution < 1.29 is 99.0 Å². The van der Waals surface area contributed by atoms with Crippen LogP contribution in [0.15, 0.2) is 11.0 Å². The monoisotopic (exact) mass is 396 g/mol. The second-order valence-corrected chi connectivity index (χ2v) is 6.92. The van der Waals surface area contributed by atoms with E-state index in [4.69, 9.17) is 9.63 Å². The van der Waals surface area contributed by atoms with Crippen LogP contribution in [0.2, 0.25) is 0 Å². The molecular formula is C11H15N2Na2O9P. The zero-order valence-corrected chi connectivity index (χ0v) is 18.7. The van der Waals surface area contributed by atoms with Crippen molar-refractivity contribution in [2.24, 2.45) is 0 Å². The first-order valence-corrected chi connectivity index (χ1v) is 8.27. The predicted molar refractivity (Wildman–Crippen MR) is 68.6 cm³/mol. The van der Waals surface area contributed by atoms with Gasteiger partial charge in [-0.15, -0.1) is 0 Å². The maximum atomic E-state index is 11.7. The second-order valence-electron chi connectivity index (χ2n) is 5.28. The number of rotatable bonds is 4. The van der Waals surface area contributed by atoms with Crippen LogP contribution in [0.25, 0.3) is 0 Å². The van der Waals surface area contributed by atoms with Crippen molar-refractivity contribution >= 4 is 7.94 Å². The average molecular weight is 396 g/mol. The molecule has 0 aromatic carbocycles. The molecule has 25 heavy (non-hydrogen) atoms. The van der Waals surface area contributed by atoms with Crippen LogP contribution in [0.4, 0.5) is 0 Å². The molecule has 0 saturated carbocycles. The van der Waals surface area contributed by atoms with Crippen molar-refractivity contribution in [2.75, 3.05) is 6.16 Å². The third kappa shape index (κ3) is 6.16. The third-order valence-electron chi connectivity index (χ3n) is 3.43. The van der Waals surface area contributed by atoms with Gasteiger partial charge in [-0.05, 0) is 18.4 Å². The van der Waals surface area contributed by atoms with Crippen LogP contribution in [0.1, 0.15) is 11.8 Å². The van der Waals surface area contributed by atoms with Crippen LogP contribution in [0, 0.1) is 6.92 Å². The van der Waals surface area contributed by atoms with E-state index < -0.39 is 56.3 Å². The molecule has 14 heteroatoms. The van der Waals surface area contributed by atoms with E-state index in [0.717, 1.165) is 10.8 Å². The number of hydrogen-bond donors (Lipinski definition) is 4. The number of nitrogens with zero attached hydrogens (tertiary/aromatic N) is 2. The quantitative estimate of drug-likeness (QED) is 0.280. The summed E-state index contributed by atoms with van der Waals surface area (Å²) in [5, 5.41) is 40.8. The van der Waals surface area contributed by atoms with Gasteiger partial charge in [-0.2, -0.15) is 0 Å². The molecule has 0 unspecified atom stereocenters. The fourth-order valence-corrected chi connectivity index (χ4v) is 2.99. The van der Waals surface area contributed by atoms with Gasteiger partial charge in [0.25, 0.3) is 0 Å². The Morgan fingerprint density at radius 1 is 1.36 bits per heavy atom. The molecule has 0 spiro atoms. The van der Waals surface area contributed by atoms with Gasteiger partial charge in [0.1, 0.15) is 30.6 Å². The van der Waals surface area contributed by atoms with Crippen LogP contribution in [-0.2, 0) is 4.74 Å². The van der Waals surface area contributed by atoms with Gasteiger partial charge in [-0.25, -0.2) is 9.78 Å². The first kappa shape index (κ1) is 25.8. The zero-order valence-electron chi connectivity index (χ0n) is 13.8. The van der Waals surface area contributed by atoms with Gasteiger partial charge >= 0.3 is 64.8 Å². The average Bonchev–Trinajstić information content (AvgIpc) is 2.69. The fraction of sp³-hybridized carbons (Fsp3) is 0.636. The van der Waals surface area contributed by atoms with E-state index in [1.807, 2.05) is 0 Å². The van der Waals surface area contributed by atoms with Crippen molar-refractivity contribution in [3.05, 3.63) is 22.2 Å². The van der Waals surface area contributed by atoms with Crippen molar-refractivity contribution in [1.29, 1.82) is 0 Å². The number of ether oxygens (including phenoxy) is 1. The number of aromatic nitrogens is 2. The Hall–Kier alpha value is 0.830. The van der Waals surface area contributed by atoms with E-state index in [0.29, 0.717) is 0 Å². The number of hydrogen-bond acceptors (Lipinski definition) is 10. The Kier molecular flexibility index (Phi) is 10.2. The topological polar surface area (TPSA) is 194 Å². The summed E-state index contributed by atoms with van der Waals surface area (Å²) < 4.78 is 5.91. The Bertz CT molecular complexity index is 641. The number of aliphatic hydroxyl groups excluding tert-OH is 3. The van der Waals surface area contributed by atoms with Gasteiger partial charge in [-0.3, -0.25) is 9.46 Å². The van der Waals surface area contributed by atoms with E-state index >= 15 is 0 Å². The summed E-state index contributed by atoms with van der Waals surface area (Å²) in [7, 11) is -4.83. The molecule has 2 rings (SSSR count). The Morgan fingerprint density at radius 3 is 2.44 bits per heavy atom. The molecule has 1 aromatic rings. The van der Waals surface area contributed by atoms with Gasteiger partial charge < -0.3 is 34.9 Å². The smallest absolute Gasteiger partial charge is 0.858 e. The van der Waals surface area contributed by atoms with Crippen LogP contribution in [0.5, 0.6) is 5.88 Å². The van der Waals surface area contributed by atoms with Gasteiger partial charge in [0.15, 0.2) is 6.23 Å². The van der Waals surface area contributed by atoms with E-state index in [-0.39, 0.29) is 64.7 Å². The van der Waals surface area contributed by atoms with Crippen LogP contribution < -0.4 is 79.7 Å². The van der Waals surface area contributed by atoms with Crippen LogP contribution in [0.3, 0.4) is 0 Å². The Labute approximate surface area is 187 Å². The van der Waals surface area contributed by atoms with Crippen molar-refractivity contribution in [1.82, 2.24) is 9.55 Å². The largest absolute Gasteiger partial charge is 1.00 e. The van der Waals surface area contributed by atoms with E-state index in [1.165, 1.54) is 6.92 Å². The molecule has 0 amide bonds. The van der Waals surface area contributed by atoms with E-state index in [9.17, 15) is 35.0 Å². The first-order chi connectivity index (χ1) is 10.5. The molecule has 0 aliphatic carbocycles. The van der Waals surface area contributed by atoms with Crippen molar-refractivity contribution in [3.8, 4) is 5.88 Å². The summed E-state index contributed by atoms with van der Waals surface area (Å²) in [6, 6.07) is 0. The summed E-state index contributed by atoms with van der Waals surface area (Å²) in [5.74, 6) is -0.761. The summed E-state index contributed by atoms with van der Waals surface area (Å²) in [6.07, 6.45) is -8.31. The Balaban J connectivity index is 0.00000288. The molecule has 0 bridgehead atoms. The molecule has 1 aromatic heterocycles. The van der Waals surface area contributed by atoms with Gasteiger partial charge in [0, 0.05) is 14.1 Å². The number of aryl methyl sites for hydroxylation is 1. The van der Waals surface area contributed by atoms with Gasteiger partial charge in [0.2, 0.25) is 0 Å². The van der Waals surface area contributed by atoms with Gasteiger partial charge in [0.05, 0.1) is 0 Å². The number of aliphatic hydroxyl groups is 3. The van der Waals surface area contributed by atoms with Crippen LogP contribution in [-0.4, -0.2) is 60.3 Å². The molecular weight excluding hydrogens is 381 g/mol. The summed E-state index contributed by atoms with van der Waals surface area (Å²) in [4.78, 5) is 45.2. The Morgan fingerprint density at radius 2 is 1.92 bits per heavy atom. The minimum Gasteiger partial charge on any atom is -0.858 e. The molecule has 4 N–H and O–H groups in total. The van der Waals surface area contributed by atoms with Crippen LogP contribution >= 0.6 is 7.94 Å². The molecule has 5 atom stereocenters. The third-order valence-corrected chi connectivity index (χ3v) is 4.27. The van der Waals surface area contributed by atoms with Gasteiger partial charge in [-0.1, -0.05) is 0 Å². The van der Waals surface area contributed by atoms with Crippen molar-refractivity contribution in [2.45, 2.75) is 37.6 Å². The molecule has 11 nitrogen and oxygen atoms in total. The maximum Gasteiger partial charge on any atom is 1.00 e. The fourth-order valence-electron chi connectivity index (χ4n) is 2.31. The molecule has 2 heterocycles. The summed E-state index contributed by atoms with van der Waals surface area (Å²) in [6.45, 7) is 1.37. The standard InChI is InChI=1S/C11H17N2O9P.2Na/c1-4-2-13(11(18)12-9(4)17)10-7(16)6(15)8(22-10)5(14)3-23(19,20)21;;/h2,5-8,10,14-16H,3H2,1H3,(H,12,17,18)(H2,19,20,21);;/q;2*+1/p-2/t5-,6+,7-,8-,10-;;/m1../s1. The maximum absolute atomic E-state index is 11.7. The molecule has 130 valence electrons. The summed E-state index contributed by atoms with van der Waals surface area (Å²) in [5.41, 5.74) is -0.957. The molecule has 1 aliphatic heterocycles. The molecule has 1 aliphatic rings.